The molecule has 0 spiro atoms. The number of aromatic nitrogens is 2. The molecule has 0 N–H and O–H groups in total. The summed E-state index contributed by atoms with van der Waals surface area (Å²) < 4.78 is 35.9. The summed E-state index contributed by atoms with van der Waals surface area (Å²) >= 11 is 0. The minimum Gasteiger partial charge on any atom is -0.489 e. The van der Waals surface area contributed by atoms with Crippen LogP contribution in [0.2, 0.25) is 0 Å². The lowest BCUT2D eigenvalue weighted by molar-refractivity contribution is 0.281. The largest absolute Gasteiger partial charge is 0.489 e. The highest BCUT2D eigenvalue weighted by molar-refractivity contribution is 7.89. The highest BCUT2D eigenvalue weighted by Crippen LogP contribution is 2.38. The predicted octanol–water partition coefficient (Wildman–Crippen LogP) is 4.05. The van der Waals surface area contributed by atoms with Gasteiger partial charge in [0.1, 0.15) is 17.6 Å². The number of nitrogens with zero attached hydrogens (tertiary/aromatic N) is 3. The van der Waals surface area contributed by atoms with Crippen LogP contribution in [0.15, 0.2) is 67.0 Å². The maximum atomic E-state index is 13.3. The van der Waals surface area contributed by atoms with E-state index in [-0.39, 0.29) is 6.04 Å². The van der Waals surface area contributed by atoms with E-state index in [1.165, 1.54) is 0 Å². The fourth-order valence-electron chi connectivity index (χ4n) is 3.94. The van der Waals surface area contributed by atoms with Crippen LogP contribution in [0.5, 0.6) is 5.75 Å². The zero-order valence-electron chi connectivity index (χ0n) is 17.3. The molecule has 30 heavy (non-hydrogen) atoms. The van der Waals surface area contributed by atoms with Crippen molar-refractivity contribution in [3.8, 4) is 5.75 Å². The van der Waals surface area contributed by atoms with Crippen LogP contribution in [0.4, 0.5) is 0 Å². The number of sulfonamides is 1. The number of hydrogen-bond donors (Lipinski definition) is 0. The molecule has 4 rings (SSSR count). The van der Waals surface area contributed by atoms with Crippen LogP contribution >= 0.6 is 0 Å². The van der Waals surface area contributed by atoms with Crippen molar-refractivity contribution in [2.45, 2.75) is 44.2 Å². The second-order valence-electron chi connectivity index (χ2n) is 7.87. The molecule has 0 bridgehead atoms. The molecule has 0 amide bonds. The highest BCUT2D eigenvalue weighted by atomic mass is 32.2. The van der Waals surface area contributed by atoms with E-state index in [1.807, 2.05) is 74.8 Å². The van der Waals surface area contributed by atoms with Gasteiger partial charge >= 0.3 is 0 Å². The van der Waals surface area contributed by atoms with Crippen molar-refractivity contribution in [1.29, 1.82) is 0 Å². The van der Waals surface area contributed by atoms with Gasteiger partial charge in [-0.2, -0.15) is 9.40 Å². The van der Waals surface area contributed by atoms with E-state index in [0.717, 1.165) is 28.9 Å². The third kappa shape index (κ3) is 4.42. The molecule has 1 unspecified atom stereocenters. The average Bonchev–Trinajstić information content (AvgIpc) is 3.16. The Morgan fingerprint density at radius 2 is 1.77 bits per heavy atom. The Hall–Kier alpha value is -2.64. The Balaban J connectivity index is 1.45. The molecular weight excluding hydrogens is 398 g/mol. The second-order valence-corrected chi connectivity index (χ2v) is 9.94. The molecule has 0 aliphatic carbocycles. The molecule has 2 atom stereocenters. The van der Waals surface area contributed by atoms with E-state index in [4.69, 9.17) is 4.74 Å². The van der Waals surface area contributed by atoms with Gasteiger partial charge in [-0.3, -0.25) is 4.68 Å². The summed E-state index contributed by atoms with van der Waals surface area (Å²) in [6, 6.07) is 17.2. The zero-order chi connectivity index (χ0) is 21.1. The summed E-state index contributed by atoms with van der Waals surface area (Å²) in [4.78, 5) is 0. The van der Waals surface area contributed by atoms with Crippen LogP contribution in [-0.2, 0) is 30.2 Å². The third-order valence-corrected chi connectivity index (χ3v) is 7.99. The molecule has 2 heterocycles. The quantitative estimate of drug-likeness (QED) is 0.598. The Labute approximate surface area is 178 Å². The molecule has 0 radical (unpaired) electrons. The molecule has 1 aromatic heterocycles. The molecule has 1 fully saturated rings. The van der Waals surface area contributed by atoms with Crippen molar-refractivity contribution in [3.63, 3.8) is 0 Å². The SMILES string of the molecule is C[C@@H]1CCC(c2ccccc2)S(=O)(=O)N1Cc1ccc(OCc2cnn(C)c2)cc1. The van der Waals surface area contributed by atoms with Crippen molar-refractivity contribution >= 4 is 10.0 Å². The molecule has 1 aliphatic rings. The zero-order valence-corrected chi connectivity index (χ0v) is 18.1. The average molecular weight is 426 g/mol. The van der Waals surface area contributed by atoms with Gasteiger partial charge in [0.15, 0.2) is 0 Å². The monoisotopic (exact) mass is 425 g/mol. The lowest BCUT2D eigenvalue weighted by Crippen LogP contribution is -2.44. The summed E-state index contributed by atoms with van der Waals surface area (Å²) in [6.07, 6.45) is 5.20. The smallest absolute Gasteiger partial charge is 0.221 e. The minimum absolute atomic E-state index is 0.0172. The fourth-order valence-corrected chi connectivity index (χ4v) is 6.13. The van der Waals surface area contributed by atoms with E-state index in [9.17, 15) is 8.42 Å². The molecule has 6 nitrogen and oxygen atoms in total. The molecule has 3 aromatic rings. The van der Waals surface area contributed by atoms with Crippen LogP contribution in [-0.4, -0.2) is 28.5 Å². The van der Waals surface area contributed by atoms with E-state index in [1.54, 1.807) is 15.2 Å². The maximum Gasteiger partial charge on any atom is 0.221 e. The van der Waals surface area contributed by atoms with Crippen LogP contribution < -0.4 is 4.74 Å². The first kappa shape index (κ1) is 20.6. The molecule has 1 aliphatic heterocycles. The number of hydrogen-bond acceptors (Lipinski definition) is 4. The van der Waals surface area contributed by atoms with Gasteiger partial charge in [0.25, 0.3) is 0 Å². The first-order chi connectivity index (χ1) is 14.4. The van der Waals surface area contributed by atoms with Gasteiger partial charge in [-0.25, -0.2) is 8.42 Å². The normalized spacial score (nSPS) is 21.4. The number of ether oxygens (including phenoxy) is 1. The molecule has 2 aromatic carbocycles. The van der Waals surface area contributed by atoms with Gasteiger partial charge < -0.3 is 4.74 Å². The van der Waals surface area contributed by atoms with Gasteiger partial charge in [-0.05, 0) is 43.0 Å². The van der Waals surface area contributed by atoms with E-state index < -0.39 is 15.3 Å². The van der Waals surface area contributed by atoms with Gasteiger partial charge in [0.05, 0.1) is 6.20 Å². The first-order valence-electron chi connectivity index (χ1n) is 10.2. The van der Waals surface area contributed by atoms with Crippen LogP contribution in [0.1, 0.15) is 41.7 Å². The van der Waals surface area contributed by atoms with E-state index in [2.05, 4.69) is 5.10 Å². The molecule has 7 heteroatoms. The van der Waals surface area contributed by atoms with Gasteiger partial charge in [0, 0.05) is 31.4 Å². The first-order valence-corrected chi connectivity index (χ1v) is 11.7. The lowest BCUT2D eigenvalue weighted by atomic mass is 10.0. The topological polar surface area (TPSA) is 64.4 Å². The lowest BCUT2D eigenvalue weighted by Gasteiger charge is -2.37. The summed E-state index contributed by atoms with van der Waals surface area (Å²) in [5, 5.41) is 3.66. The van der Waals surface area contributed by atoms with Crippen molar-refractivity contribution in [2.75, 3.05) is 0 Å². The van der Waals surface area contributed by atoms with E-state index in [0.29, 0.717) is 19.6 Å². The van der Waals surface area contributed by atoms with Gasteiger partial charge in [0.2, 0.25) is 10.0 Å². The minimum atomic E-state index is -3.43. The maximum absolute atomic E-state index is 13.3. The number of aryl methyl sites for hydroxylation is 1. The highest BCUT2D eigenvalue weighted by Gasteiger charge is 2.40. The van der Waals surface area contributed by atoms with E-state index >= 15 is 0 Å². The summed E-state index contributed by atoms with van der Waals surface area (Å²) in [5.41, 5.74) is 2.82. The van der Waals surface area contributed by atoms with Crippen molar-refractivity contribution in [2.24, 2.45) is 7.05 Å². The molecule has 158 valence electrons. The standard InChI is InChI=1S/C23H27N3O3S/c1-18-8-13-23(21-6-4-3-5-7-21)30(27,28)26(18)16-19-9-11-22(12-10-19)29-17-20-14-24-25(2)15-20/h3-7,9-12,14-15,18,23H,8,13,16-17H2,1-2H3/t18-,23?/m1/s1. The Morgan fingerprint density at radius 3 is 2.43 bits per heavy atom. The molecule has 1 saturated heterocycles. The van der Waals surface area contributed by atoms with Crippen molar-refractivity contribution in [3.05, 3.63) is 83.7 Å². The predicted molar refractivity (Wildman–Crippen MR) is 116 cm³/mol. The van der Waals surface area contributed by atoms with Gasteiger partial charge in [-0.1, -0.05) is 42.5 Å². The van der Waals surface area contributed by atoms with Crippen molar-refractivity contribution in [1.82, 2.24) is 14.1 Å². The Morgan fingerprint density at radius 1 is 1.03 bits per heavy atom. The summed E-state index contributed by atoms with van der Waals surface area (Å²) in [6.45, 7) is 2.81. The Bertz CT molecular complexity index is 1080. The van der Waals surface area contributed by atoms with Crippen LogP contribution in [0.3, 0.4) is 0 Å². The fraction of sp³-hybridized carbons (Fsp3) is 0.348. The summed E-state index contributed by atoms with van der Waals surface area (Å²) in [5.74, 6) is 0.749. The van der Waals surface area contributed by atoms with Crippen LogP contribution in [0, 0.1) is 0 Å². The summed E-state index contributed by atoms with van der Waals surface area (Å²) in [7, 11) is -1.55. The number of benzene rings is 2. The number of rotatable bonds is 6. The molecule has 0 saturated carbocycles. The van der Waals surface area contributed by atoms with Crippen LogP contribution in [0.25, 0.3) is 0 Å². The Kier molecular flexibility index (Phi) is 5.92. The van der Waals surface area contributed by atoms with Crippen molar-refractivity contribution < 1.29 is 13.2 Å². The second kappa shape index (κ2) is 8.62. The molecular formula is C23H27N3O3S. The third-order valence-electron chi connectivity index (χ3n) is 5.62. The van der Waals surface area contributed by atoms with Gasteiger partial charge in [-0.15, -0.1) is 0 Å².